The molecular formula is C24H35N7O5S. The highest BCUT2D eigenvalue weighted by Crippen LogP contribution is 2.30. The van der Waals surface area contributed by atoms with Gasteiger partial charge in [-0.3, -0.25) is 9.48 Å². The SMILES string of the molecule is CCc1c2nc(-c3cc(S(=O)(=O)N4CCN(C)CC4)cnc3OCC(C)C)[nH]c(=O)c2nn1CCOC. The van der Waals surface area contributed by atoms with Crippen LogP contribution in [0.5, 0.6) is 5.88 Å². The minimum atomic E-state index is -3.80. The summed E-state index contributed by atoms with van der Waals surface area (Å²) in [5, 5.41) is 4.44. The van der Waals surface area contributed by atoms with Crippen molar-refractivity contribution in [2.45, 2.75) is 38.6 Å². The van der Waals surface area contributed by atoms with Crippen molar-refractivity contribution in [3.05, 3.63) is 28.3 Å². The standard InChI is InChI=1S/C24H35N7O5S/c1-6-19-20-21(28-31(19)11-12-35-5)23(32)27-22(26-20)18-13-17(14-25-24(18)36-15-16(2)3)37(33,34)30-9-7-29(4)8-10-30/h13-14,16H,6-12,15H2,1-5H3,(H,26,27,32). The monoisotopic (exact) mass is 533 g/mol. The fourth-order valence-corrected chi connectivity index (χ4v) is 5.58. The molecule has 1 saturated heterocycles. The number of rotatable bonds is 10. The van der Waals surface area contributed by atoms with E-state index in [0.717, 1.165) is 5.69 Å². The van der Waals surface area contributed by atoms with Crippen LogP contribution in [0.2, 0.25) is 0 Å². The molecule has 13 heteroatoms. The third kappa shape index (κ3) is 5.69. The normalized spacial score (nSPS) is 15.6. The summed E-state index contributed by atoms with van der Waals surface area (Å²) in [6, 6.07) is 1.49. The van der Waals surface area contributed by atoms with Crippen LogP contribution in [-0.2, 0) is 27.7 Å². The number of piperazine rings is 1. The van der Waals surface area contributed by atoms with Gasteiger partial charge in [-0.05, 0) is 25.5 Å². The van der Waals surface area contributed by atoms with Crippen molar-refractivity contribution < 1.29 is 17.9 Å². The molecule has 4 rings (SSSR count). The number of H-pyrrole nitrogens is 1. The van der Waals surface area contributed by atoms with Gasteiger partial charge in [0.25, 0.3) is 5.56 Å². The van der Waals surface area contributed by atoms with Crippen LogP contribution >= 0.6 is 0 Å². The van der Waals surface area contributed by atoms with Crippen molar-refractivity contribution in [2.75, 3.05) is 53.6 Å². The second-order valence-electron chi connectivity index (χ2n) is 9.56. The molecule has 1 aliphatic heterocycles. The van der Waals surface area contributed by atoms with Crippen molar-refractivity contribution in [3.8, 4) is 17.3 Å². The molecule has 0 saturated carbocycles. The van der Waals surface area contributed by atoms with E-state index in [0.29, 0.717) is 63.4 Å². The van der Waals surface area contributed by atoms with E-state index in [1.165, 1.54) is 16.6 Å². The third-order valence-corrected chi connectivity index (χ3v) is 8.14. The van der Waals surface area contributed by atoms with Crippen LogP contribution in [-0.4, -0.2) is 95.9 Å². The number of nitrogens with one attached hydrogen (secondary N) is 1. The fraction of sp³-hybridized carbons (Fsp3) is 0.583. The summed E-state index contributed by atoms with van der Waals surface area (Å²) < 4.78 is 41.2. The van der Waals surface area contributed by atoms with E-state index in [9.17, 15) is 13.2 Å². The van der Waals surface area contributed by atoms with Gasteiger partial charge in [-0.2, -0.15) is 9.40 Å². The zero-order valence-electron chi connectivity index (χ0n) is 22.0. The van der Waals surface area contributed by atoms with Gasteiger partial charge in [-0.1, -0.05) is 20.8 Å². The number of hydrogen-bond acceptors (Lipinski definition) is 9. The lowest BCUT2D eigenvalue weighted by Gasteiger charge is -2.31. The highest BCUT2D eigenvalue weighted by atomic mass is 32.2. The Labute approximate surface area is 216 Å². The molecule has 0 aliphatic carbocycles. The number of hydrogen-bond donors (Lipinski definition) is 1. The van der Waals surface area contributed by atoms with Gasteiger partial charge in [0.2, 0.25) is 15.9 Å². The van der Waals surface area contributed by atoms with Gasteiger partial charge in [0, 0.05) is 33.3 Å². The van der Waals surface area contributed by atoms with E-state index in [-0.39, 0.29) is 28.0 Å². The first-order valence-corrected chi connectivity index (χ1v) is 13.9. The smallest absolute Gasteiger partial charge is 0.279 e. The number of likely N-dealkylation sites (N-methyl/N-ethyl adjacent to an activating group) is 1. The van der Waals surface area contributed by atoms with E-state index < -0.39 is 15.6 Å². The lowest BCUT2D eigenvalue weighted by molar-refractivity contribution is 0.183. The Balaban J connectivity index is 1.84. The van der Waals surface area contributed by atoms with Gasteiger partial charge in [0.05, 0.1) is 37.2 Å². The molecule has 0 spiro atoms. The van der Waals surface area contributed by atoms with Gasteiger partial charge in [0.15, 0.2) is 5.52 Å². The maximum Gasteiger partial charge on any atom is 0.279 e. The Hall–Kier alpha value is -2.87. The Morgan fingerprint density at radius 3 is 2.54 bits per heavy atom. The number of aryl methyl sites for hydroxylation is 1. The average Bonchev–Trinajstić information content (AvgIpc) is 3.24. The Kier molecular flexibility index (Phi) is 8.26. The lowest BCUT2D eigenvalue weighted by atomic mass is 10.2. The van der Waals surface area contributed by atoms with Crippen molar-refractivity contribution in [1.82, 2.24) is 33.9 Å². The fourth-order valence-electron chi connectivity index (χ4n) is 4.19. The van der Waals surface area contributed by atoms with Crippen LogP contribution in [0.3, 0.4) is 0 Å². The molecule has 0 bridgehead atoms. The largest absolute Gasteiger partial charge is 0.477 e. The summed E-state index contributed by atoms with van der Waals surface area (Å²) in [7, 11) is -0.230. The van der Waals surface area contributed by atoms with Crippen LogP contribution in [0, 0.1) is 5.92 Å². The molecule has 37 heavy (non-hydrogen) atoms. The van der Waals surface area contributed by atoms with Gasteiger partial charge in [-0.25, -0.2) is 18.4 Å². The maximum atomic E-state index is 13.4. The van der Waals surface area contributed by atoms with Crippen molar-refractivity contribution >= 4 is 21.1 Å². The number of methoxy groups -OCH3 is 1. The van der Waals surface area contributed by atoms with Gasteiger partial charge < -0.3 is 19.4 Å². The molecule has 0 aromatic carbocycles. The molecule has 4 heterocycles. The molecule has 0 unspecified atom stereocenters. The summed E-state index contributed by atoms with van der Waals surface area (Å²) in [6.07, 6.45) is 1.91. The molecular weight excluding hydrogens is 498 g/mol. The van der Waals surface area contributed by atoms with E-state index in [1.807, 2.05) is 27.8 Å². The molecule has 12 nitrogen and oxygen atoms in total. The number of aromatic nitrogens is 5. The second kappa shape index (κ2) is 11.3. The van der Waals surface area contributed by atoms with Crippen molar-refractivity contribution in [2.24, 2.45) is 5.92 Å². The van der Waals surface area contributed by atoms with Crippen LogP contribution in [0.15, 0.2) is 22.0 Å². The molecule has 1 N–H and O–H groups in total. The summed E-state index contributed by atoms with van der Waals surface area (Å²) in [4.78, 5) is 27.0. The van der Waals surface area contributed by atoms with E-state index in [1.54, 1.807) is 11.8 Å². The number of ether oxygens (including phenoxy) is 2. The first kappa shape index (κ1) is 27.2. The Morgan fingerprint density at radius 1 is 1.16 bits per heavy atom. The van der Waals surface area contributed by atoms with Crippen molar-refractivity contribution in [3.63, 3.8) is 0 Å². The average molecular weight is 534 g/mol. The van der Waals surface area contributed by atoms with Crippen LogP contribution in [0.25, 0.3) is 22.4 Å². The number of sulfonamides is 1. The summed E-state index contributed by atoms with van der Waals surface area (Å²) >= 11 is 0. The number of fused-ring (bicyclic) bond motifs is 1. The first-order valence-electron chi connectivity index (χ1n) is 12.5. The van der Waals surface area contributed by atoms with Gasteiger partial charge in [-0.15, -0.1) is 0 Å². The predicted octanol–water partition coefficient (Wildman–Crippen LogP) is 1.36. The molecule has 3 aromatic rings. The van der Waals surface area contributed by atoms with Crippen LogP contribution in [0.1, 0.15) is 26.5 Å². The molecule has 0 radical (unpaired) electrons. The highest BCUT2D eigenvalue weighted by molar-refractivity contribution is 7.89. The maximum absolute atomic E-state index is 13.4. The van der Waals surface area contributed by atoms with E-state index >= 15 is 0 Å². The number of pyridine rings is 1. The van der Waals surface area contributed by atoms with Crippen molar-refractivity contribution in [1.29, 1.82) is 0 Å². The molecule has 1 aliphatic rings. The second-order valence-corrected chi connectivity index (χ2v) is 11.5. The Morgan fingerprint density at radius 2 is 1.89 bits per heavy atom. The van der Waals surface area contributed by atoms with E-state index in [4.69, 9.17) is 14.5 Å². The summed E-state index contributed by atoms with van der Waals surface area (Å²) in [5.74, 6) is 0.599. The molecule has 1 fully saturated rings. The number of nitrogens with zero attached hydrogens (tertiary/aromatic N) is 6. The zero-order valence-corrected chi connectivity index (χ0v) is 22.8. The molecule has 202 valence electrons. The molecule has 0 amide bonds. The summed E-state index contributed by atoms with van der Waals surface area (Å²) in [6.45, 7) is 9.32. The minimum Gasteiger partial charge on any atom is -0.477 e. The van der Waals surface area contributed by atoms with Crippen LogP contribution in [0.4, 0.5) is 0 Å². The number of aromatic amines is 1. The minimum absolute atomic E-state index is 0.0261. The lowest BCUT2D eigenvalue weighted by Crippen LogP contribution is -2.47. The quantitative estimate of drug-likeness (QED) is 0.410. The summed E-state index contributed by atoms with van der Waals surface area (Å²) in [5.41, 5.74) is 1.35. The van der Waals surface area contributed by atoms with Gasteiger partial charge in [0.1, 0.15) is 16.2 Å². The van der Waals surface area contributed by atoms with Crippen LogP contribution < -0.4 is 10.3 Å². The first-order chi connectivity index (χ1) is 17.6. The Bertz CT molecular complexity index is 1410. The zero-order chi connectivity index (χ0) is 26.7. The predicted molar refractivity (Wildman–Crippen MR) is 139 cm³/mol. The molecule has 0 atom stereocenters. The molecule has 3 aromatic heterocycles. The highest BCUT2D eigenvalue weighted by Gasteiger charge is 2.29. The van der Waals surface area contributed by atoms with E-state index in [2.05, 4.69) is 20.0 Å². The third-order valence-electron chi connectivity index (χ3n) is 6.28. The van der Waals surface area contributed by atoms with Gasteiger partial charge >= 0.3 is 0 Å². The topological polar surface area (TPSA) is 136 Å².